The maximum absolute atomic E-state index is 2.34. The van der Waals surface area contributed by atoms with E-state index in [9.17, 15) is 0 Å². The molecule has 1 aromatic rings. The number of nitrogens with zero attached hydrogens (tertiary/aromatic N) is 1. The molecular formula is C14H25N. The number of hydrogen-bond acceptors (Lipinski definition) is 1. The van der Waals surface area contributed by atoms with E-state index < -0.39 is 0 Å². The molecule has 0 radical (unpaired) electrons. The Morgan fingerprint density at radius 1 is 1.13 bits per heavy atom. The summed E-state index contributed by atoms with van der Waals surface area (Å²) < 4.78 is 0. The molecular weight excluding hydrogens is 182 g/mol. The van der Waals surface area contributed by atoms with E-state index in [1.54, 1.807) is 0 Å². The van der Waals surface area contributed by atoms with Crippen molar-refractivity contribution in [3.63, 3.8) is 0 Å². The Labute approximate surface area is 95.1 Å². The van der Waals surface area contributed by atoms with Crippen LogP contribution in [0.5, 0.6) is 0 Å². The second kappa shape index (κ2) is 8.49. The first kappa shape index (κ1) is 14.2. The average molecular weight is 207 g/mol. The molecule has 0 fully saturated rings. The number of rotatable bonds is 4. The SMILES string of the molecule is CC.CCN(C)CCc1ccccc1C. The fourth-order valence-corrected chi connectivity index (χ4v) is 1.36. The highest BCUT2D eigenvalue weighted by Crippen LogP contribution is 2.07. The van der Waals surface area contributed by atoms with Gasteiger partial charge in [0.25, 0.3) is 0 Å². The topological polar surface area (TPSA) is 3.24 Å². The molecule has 86 valence electrons. The van der Waals surface area contributed by atoms with Crippen LogP contribution < -0.4 is 0 Å². The normalized spacial score (nSPS) is 9.73. The summed E-state index contributed by atoms with van der Waals surface area (Å²) in [5.74, 6) is 0. The van der Waals surface area contributed by atoms with Gasteiger partial charge in [-0.3, -0.25) is 0 Å². The summed E-state index contributed by atoms with van der Waals surface area (Å²) in [5, 5.41) is 0. The predicted molar refractivity (Wildman–Crippen MR) is 69.4 cm³/mol. The Kier molecular flexibility index (Phi) is 8.02. The van der Waals surface area contributed by atoms with Gasteiger partial charge in [0.1, 0.15) is 0 Å². The average Bonchev–Trinajstić information content (AvgIpc) is 2.30. The van der Waals surface area contributed by atoms with Gasteiger partial charge in [0.15, 0.2) is 0 Å². The molecule has 0 aliphatic rings. The van der Waals surface area contributed by atoms with Crippen LogP contribution in [-0.2, 0) is 6.42 Å². The zero-order valence-corrected chi connectivity index (χ0v) is 10.9. The smallest absolute Gasteiger partial charge is 0.00188 e. The van der Waals surface area contributed by atoms with Crippen molar-refractivity contribution in [1.29, 1.82) is 0 Å². The Morgan fingerprint density at radius 2 is 1.73 bits per heavy atom. The van der Waals surface area contributed by atoms with Gasteiger partial charge in [-0.15, -0.1) is 0 Å². The number of hydrogen-bond donors (Lipinski definition) is 0. The van der Waals surface area contributed by atoms with E-state index >= 15 is 0 Å². The molecule has 0 N–H and O–H groups in total. The third-order valence-corrected chi connectivity index (χ3v) is 2.56. The lowest BCUT2D eigenvalue weighted by Crippen LogP contribution is -2.20. The van der Waals surface area contributed by atoms with Gasteiger partial charge in [-0.2, -0.15) is 0 Å². The van der Waals surface area contributed by atoms with Crippen LogP contribution in [0.4, 0.5) is 0 Å². The van der Waals surface area contributed by atoms with E-state index in [0.29, 0.717) is 0 Å². The molecule has 0 unspecified atom stereocenters. The van der Waals surface area contributed by atoms with Crippen molar-refractivity contribution in [2.75, 3.05) is 20.1 Å². The Morgan fingerprint density at radius 3 is 2.27 bits per heavy atom. The van der Waals surface area contributed by atoms with Crippen LogP contribution >= 0.6 is 0 Å². The molecule has 0 heterocycles. The van der Waals surface area contributed by atoms with Crippen LogP contribution in [0.25, 0.3) is 0 Å². The maximum Gasteiger partial charge on any atom is 0.00188 e. The number of likely N-dealkylation sites (N-methyl/N-ethyl adjacent to an activating group) is 1. The summed E-state index contributed by atoms with van der Waals surface area (Å²) in [6.45, 7) is 10.7. The summed E-state index contributed by atoms with van der Waals surface area (Å²) in [5.41, 5.74) is 2.88. The van der Waals surface area contributed by atoms with Crippen molar-refractivity contribution in [3.05, 3.63) is 35.4 Å². The van der Waals surface area contributed by atoms with Crippen LogP contribution in [-0.4, -0.2) is 25.0 Å². The minimum absolute atomic E-state index is 1.13. The van der Waals surface area contributed by atoms with E-state index in [1.165, 1.54) is 11.1 Å². The number of benzene rings is 1. The molecule has 0 aliphatic heterocycles. The van der Waals surface area contributed by atoms with E-state index in [0.717, 1.165) is 19.5 Å². The first-order chi connectivity index (χ1) is 7.24. The first-order valence-corrected chi connectivity index (χ1v) is 5.97. The van der Waals surface area contributed by atoms with Crippen molar-refractivity contribution < 1.29 is 0 Å². The Balaban J connectivity index is 0.000000921. The second-order valence-electron chi connectivity index (χ2n) is 3.57. The second-order valence-corrected chi connectivity index (χ2v) is 3.57. The monoisotopic (exact) mass is 207 g/mol. The molecule has 1 heteroatoms. The highest BCUT2D eigenvalue weighted by molar-refractivity contribution is 5.25. The van der Waals surface area contributed by atoms with Crippen molar-refractivity contribution in [3.8, 4) is 0 Å². The van der Waals surface area contributed by atoms with Crippen LogP contribution in [0.1, 0.15) is 31.9 Å². The van der Waals surface area contributed by atoms with Gasteiger partial charge in [0, 0.05) is 6.54 Å². The summed E-state index contributed by atoms with van der Waals surface area (Å²) in [6.07, 6.45) is 1.16. The summed E-state index contributed by atoms with van der Waals surface area (Å²) in [6, 6.07) is 8.62. The molecule has 0 spiro atoms. The van der Waals surface area contributed by atoms with Gasteiger partial charge in [0.2, 0.25) is 0 Å². The van der Waals surface area contributed by atoms with E-state index in [-0.39, 0.29) is 0 Å². The zero-order chi connectivity index (χ0) is 11.7. The van der Waals surface area contributed by atoms with Crippen molar-refractivity contribution in [2.45, 2.75) is 34.1 Å². The maximum atomic E-state index is 2.34. The van der Waals surface area contributed by atoms with E-state index in [2.05, 4.69) is 50.1 Å². The lowest BCUT2D eigenvalue weighted by molar-refractivity contribution is 0.357. The van der Waals surface area contributed by atoms with Crippen LogP contribution in [0.3, 0.4) is 0 Å². The van der Waals surface area contributed by atoms with Crippen LogP contribution in [0, 0.1) is 6.92 Å². The van der Waals surface area contributed by atoms with Crippen molar-refractivity contribution in [2.24, 2.45) is 0 Å². The minimum Gasteiger partial charge on any atom is -0.306 e. The zero-order valence-electron chi connectivity index (χ0n) is 10.9. The quantitative estimate of drug-likeness (QED) is 0.730. The molecule has 1 rings (SSSR count). The minimum atomic E-state index is 1.13. The van der Waals surface area contributed by atoms with Crippen molar-refractivity contribution in [1.82, 2.24) is 4.90 Å². The van der Waals surface area contributed by atoms with Gasteiger partial charge >= 0.3 is 0 Å². The molecule has 1 nitrogen and oxygen atoms in total. The first-order valence-electron chi connectivity index (χ1n) is 5.97. The van der Waals surface area contributed by atoms with Crippen LogP contribution in [0.15, 0.2) is 24.3 Å². The van der Waals surface area contributed by atoms with Crippen LogP contribution in [0.2, 0.25) is 0 Å². The third kappa shape index (κ3) is 5.58. The highest BCUT2D eigenvalue weighted by Gasteiger charge is 1.98. The molecule has 15 heavy (non-hydrogen) atoms. The molecule has 0 aromatic heterocycles. The molecule has 0 atom stereocenters. The highest BCUT2D eigenvalue weighted by atomic mass is 15.1. The Bertz CT molecular complexity index is 255. The summed E-state index contributed by atoms with van der Waals surface area (Å²) >= 11 is 0. The predicted octanol–water partition coefficient (Wildman–Crippen LogP) is 3.52. The molecule has 0 bridgehead atoms. The van der Waals surface area contributed by atoms with Crippen molar-refractivity contribution >= 4 is 0 Å². The lowest BCUT2D eigenvalue weighted by Gasteiger charge is -2.14. The van der Waals surface area contributed by atoms with Gasteiger partial charge < -0.3 is 4.90 Å². The lowest BCUT2D eigenvalue weighted by atomic mass is 10.1. The van der Waals surface area contributed by atoms with Gasteiger partial charge in [-0.25, -0.2) is 0 Å². The van der Waals surface area contributed by atoms with Gasteiger partial charge in [-0.1, -0.05) is 45.0 Å². The molecule has 1 aromatic carbocycles. The van der Waals surface area contributed by atoms with E-state index in [1.807, 2.05) is 13.8 Å². The van der Waals surface area contributed by atoms with Gasteiger partial charge in [-0.05, 0) is 38.1 Å². The molecule has 0 saturated heterocycles. The Hall–Kier alpha value is -0.820. The molecule has 0 amide bonds. The fraction of sp³-hybridized carbons (Fsp3) is 0.571. The van der Waals surface area contributed by atoms with E-state index in [4.69, 9.17) is 0 Å². The van der Waals surface area contributed by atoms with Gasteiger partial charge in [0.05, 0.1) is 0 Å². The fourth-order valence-electron chi connectivity index (χ4n) is 1.36. The molecule has 0 aliphatic carbocycles. The third-order valence-electron chi connectivity index (χ3n) is 2.56. The molecule has 0 saturated carbocycles. The summed E-state index contributed by atoms with van der Waals surface area (Å²) in [7, 11) is 2.16. The largest absolute Gasteiger partial charge is 0.306 e. The number of aryl methyl sites for hydroxylation is 1. The standard InChI is InChI=1S/C12H19N.C2H6/c1-4-13(3)10-9-12-8-6-5-7-11(12)2;1-2/h5-8H,4,9-10H2,1-3H3;1-2H3. The summed E-state index contributed by atoms with van der Waals surface area (Å²) in [4.78, 5) is 2.34.